The minimum absolute atomic E-state index is 0.00243. The Labute approximate surface area is 184 Å². The molecule has 0 aliphatic heterocycles. The Bertz CT molecular complexity index is 1060. The van der Waals surface area contributed by atoms with E-state index in [4.69, 9.17) is 5.73 Å². The first kappa shape index (κ1) is 22.5. The number of amides is 2. The molecule has 0 saturated heterocycles. The molecule has 3 rings (SSSR count). The summed E-state index contributed by atoms with van der Waals surface area (Å²) in [7, 11) is 0. The van der Waals surface area contributed by atoms with Crippen LogP contribution in [-0.2, 0) is 9.59 Å². The third-order valence-corrected chi connectivity index (χ3v) is 5.86. The van der Waals surface area contributed by atoms with Crippen LogP contribution in [0.2, 0.25) is 0 Å². The van der Waals surface area contributed by atoms with Gasteiger partial charge in [-0.1, -0.05) is 62.4 Å². The highest BCUT2D eigenvalue weighted by molar-refractivity contribution is 7.99. The molecule has 7 nitrogen and oxygen atoms in total. The molecule has 31 heavy (non-hydrogen) atoms. The van der Waals surface area contributed by atoms with E-state index in [9.17, 15) is 14.0 Å². The molecule has 9 heteroatoms. The second-order valence-corrected chi connectivity index (χ2v) is 8.02. The third kappa shape index (κ3) is 5.29. The Balaban J connectivity index is 1.86. The Hall–Kier alpha value is -3.20. The van der Waals surface area contributed by atoms with Crippen LogP contribution in [0.4, 0.5) is 4.39 Å². The lowest BCUT2D eigenvalue weighted by molar-refractivity contribution is -0.127. The molecule has 3 N–H and O–H groups in total. The van der Waals surface area contributed by atoms with E-state index in [0.29, 0.717) is 23.0 Å². The fourth-order valence-electron chi connectivity index (χ4n) is 3.06. The Morgan fingerprint density at radius 1 is 1.13 bits per heavy atom. The topological polar surface area (TPSA) is 103 Å². The molecule has 0 saturated carbocycles. The maximum absolute atomic E-state index is 14.4. The third-order valence-electron chi connectivity index (χ3n) is 4.93. The van der Waals surface area contributed by atoms with E-state index in [-0.39, 0.29) is 17.6 Å². The van der Waals surface area contributed by atoms with Crippen molar-refractivity contribution in [2.45, 2.75) is 31.5 Å². The van der Waals surface area contributed by atoms with Gasteiger partial charge in [0, 0.05) is 5.69 Å². The van der Waals surface area contributed by atoms with Crippen molar-refractivity contribution in [1.82, 2.24) is 20.1 Å². The van der Waals surface area contributed by atoms with Crippen LogP contribution in [-0.4, -0.2) is 38.4 Å². The van der Waals surface area contributed by atoms with Crippen molar-refractivity contribution >= 4 is 23.6 Å². The normalized spacial score (nSPS) is 12.9. The minimum Gasteiger partial charge on any atom is -0.368 e. The van der Waals surface area contributed by atoms with E-state index in [1.165, 1.54) is 6.07 Å². The lowest BCUT2D eigenvalue weighted by atomic mass is 9.99. The highest BCUT2D eigenvalue weighted by Crippen LogP contribution is 2.29. The van der Waals surface area contributed by atoms with Gasteiger partial charge < -0.3 is 11.1 Å². The van der Waals surface area contributed by atoms with Gasteiger partial charge >= 0.3 is 0 Å². The molecule has 162 valence electrons. The van der Waals surface area contributed by atoms with Gasteiger partial charge in [-0.05, 0) is 30.2 Å². The molecule has 0 aliphatic carbocycles. The Morgan fingerprint density at radius 3 is 2.45 bits per heavy atom. The van der Waals surface area contributed by atoms with Crippen molar-refractivity contribution in [3.05, 3.63) is 60.4 Å². The van der Waals surface area contributed by atoms with E-state index >= 15 is 0 Å². The number of para-hydroxylation sites is 1. The number of carbonyl (C=O) groups is 2. The summed E-state index contributed by atoms with van der Waals surface area (Å²) in [6, 6.07) is 14.9. The first-order valence-corrected chi connectivity index (χ1v) is 10.9. The van der Waals surface area contributed by atoms with Gasteiger partial charge in [-0.15, -0.1) is 10.2 Å². The predicted octanol–water partition coefficient (Wildman–Crippen LogP) is 3.18. The number of primary amides is 1. The maximum Gasteiger partial charge on any atom is 0.240 e. The van der Waals surface area contributed by atoms with Gasteiger partial charge in [-0.3, -0.25) is 14.2 Å². The molecular weight excluding hydrogens is 417 g/mol. The number of nitrogens with two attached hydrogens (primary N) is 1. The first-order chi connectivity index (χ1) is 14.9. The lowest BCUT2D eigenvalue weighted by Gasteiger charge is -2.21. The highest BCUT2D eigenvalue weighted by atomic mass is 32.2. The van der Waals surface area contributed by atoms with Crippen LogP contribution in [0.15, 0.2) is 59.8 Å². The Kier molecular flexibility index (Phi) is 7.41. The number of nitrogens with zero attached hydrogens (tertiary/aromatic N) is 3. The molecule has 1 heterocycles. The van der Waals surface area contributed by atoms with Crippen LogP contribution < -0.4 is 11.1 Å². The number of benzene rings is 2. The number of nitrogens with one attached hydrogen (secondary N) is 1. The molecule has 0 aliphatic rings. The summed E-state index contributed by atoms with van der Waals surface area (Å²) in [5.41, 5.74) is 6.47. The average molecular weight is 442 g/mol. The van der Waals surface area contributed by atoms with Crippen LogP contribution in [0, 0.1) is 11.7 Å². The largest absolute Gasteiger partial charge is 0.368 e. The summed E-state index contributed by atoms with van der Waals surface area (Å²) in [6.45, 7) is 3.78. The fraction of sp³-hybridized carbons (Fsp3) is 0.273. The van der Waals surface area contributed by atoms with Crippen molar-refractivity contribution < 1.29 is 14.0 Å². The van der Waals surface area contributed by atoms with E-state index in [1.807, 2.05) is 44.2 Å². The van der Waals surface area contributed by atoms with E-state index < -0.39 is 17.8 Å². The second kappa shape index (κ2) is 10.2. The average Bonchev–Trinajstić information content (AvgIpc) is 3.20. The minimum atomic E-state index is -0.737. The summed E-state index contributed by atoms with van der Waals surface area (Å²) in [6.07, 6.45) is 0.704. The molecule has 1 aromatic heterocycles. The molecule has 2 aromatic carbocycles. The van der Waals surface area contributed by atoms with Gasteiger partial charge in [0.25, 0.3) is 0 Å². The Morgan fingerprint density at radius 2 is 1.81 bits per heavy atom. The van der Waals surface area contributed by atoms with Crippen LogP contribution in [0.25, 0.3) is 17.1 Å². The summed E-state index contributed by atoms with van der Waals surface area (Å²) in [5.74, 6) is -1.07. The number of halogens is 1. The number of hydrogen-bond donors (Lipinski definition) is 2. The molecule has 0 radical (unpaired) electrons. The van der Waals surface area contributed by atoms with E-state index in [2.05, 4.69) is 15.5 Å². The molecule has 2 amide bonds. The second-order valence-electron chi connectivity index (χ2n) is 7.08. The zero-order valence-electron chi connectivity index (χ0n) is 17.3. The number of carbonyl (C=O) groups excluding carboxylic acids is 2. The summed E-state index contributed by atoms with van der Waals surface area (Å²) < 4.78 is 16.1. The molecule has 2 atom stereocenters. The van der Waals surface area contributed by atoms with Crippen molar-refractivity contribution in [2.24, 2.45) is 11.7 Å². The van der Waals surface area contributed by atoms with Crippen molar-refractivity contribution in [2.75, 3.05) is 5.75 Å². The van der Waals surface area contributed by atoms with Crippen LogP contribution in [0.1, 0.15) is 20.3 Å². The van der Waals surface area contributed by atoms with Gasteiger partial charge in [0.2, 0.25) is 11.8 Å². The standard InChI is InChI=1S/C22H24FN5O2S/c1-3-14(2)19(20(24)30)25-18(29)13-31-22-27-26-21(16-11-7-8-12-17(16)23)28(22)15-9-5-4-6-10-15/h4-12,14,19H,3,13H2,1-2H3,(H2,24,30)(H,25,29). The quantitative estimate of drug-likeness (QED) is 0.497. The van der Waals surface area contributed by atoms with Crippen LogP contribution in [0.3, 0.4) is 0 Å². The maximum atomic E-state index is 14.4. The van der Waals surface area contributed by atoms with Crippen molar-refractivity contribution in [3.63, 3.8) is 0 Å². The van der Waals surface area contributed by atoms with E-state index in [0.717, 1.165) is 17.4 Å². The van der Waals surface area contributed by atoms with Crippen molar-refractivity contribution in [1.29, 1.82) is 0 Å². The summed E-state index contributed by atoms with van der Waals surface area (Å²) in [5, 5.41) is 11.5. The summed E-state index contributed by atoms with van der Waals surface area (Å²) in [4.78, 5) is 24.2. The highest BCUT2D eigenvalue weighted by Gasteiger charge is 2.24. The van der Waals surface area contributed by atoms with Crippen LogP contribution in [0.5, 0.6) is 0 Å². The number of aromatic nitrogens is 3. The molecule has 3 aromatic rings. The van der Waals surface area contributed by atoms with E-state index in [1.54, 1.807) is 22.8 Å². The molecular formula is C22H24FN5O2S. The number of hydrogen-bond acceptors (Lipinski definition) is 5. The lowest BCUT2D eigenvalue weighted by Crippen LogP contribution is -2.48. The van der Waals surface area contributed by atoms with Gasteiger partial charge in [-0.25, -0.2) is 4.39 Å². The molecule has 0 bridgehead atoms. The van der Waals surface area contributed by atoms with Gasteiger partial charge in [0.15, 0.2) is 11.0 Å². The van der Waals surface area contributed by atoms with Crippen LogP contribution >= 0.6 is 11.8 Å². The first-order valence-electron chi connectivity index (χ1n) is 9.89. The van der Waals surface area contributed by atoms with Crippen molar-refractivity contribution in [3.8, 4) is 17.1 Å². The molecule has 0 spiro atoms. The smallest absolute Gasteiger partial charge is 0.240 e. The SMILES string of the molecule is CCC(C)C(NC(=O)CSc1nnc(-c2ccccc2F)n1-c1ccccc1)C(N)=O. The molecule has 2 unspecified atom stereocenters. The van der Waals surface area contributed by atoms with Gasteiger partial charge in [0.1, 0.15) is 11.9 Å². The predicted molar refractivity (Wildman–Crippen MR) is 118 cm³/mol. The van der Waals surface area contributed by atoms with Gasteiger partial charge in [0.05, 0.1) is 11.3 Å². The zero-order valence-corrected chi connectivity index (χ0v) is 18.1. The summed E-state index contributed by atoms with van der Waals surface area (Å²) >= 11 is 1.15. The monoisotopic (exact) mass is 441 g/mol. The zero-order chi connectivity index (χ0) is 22.4. The number of rotatable bonds is 9. The molecule has 0 fully saturated rings. The fourth-order valence-corrected chi connectivity index (χ4v) is 3.83. The number of thioether (sulfide) groups is 1. The van der Waals surface area contributed by atoms with Gasteiger partial charge in [-0.2, -0.15) is 0 Å².